The monoisotopic (exact) mass is 283 g/mol. The SMILES string of the molecule is CC(C)CCNC(=O)c1ccc(Nc2cccnc2)cc1. The van der Waals surface area contributed by atoms with Gasteiger partial charge in [-0.1, -0.05) is 13.8 Å². The van der Waals surface area contributed by atoms with Crippen molar-refractivity contribution in [2.45, 2.75) is 20.3 Å². The first-order valence-electron chi connectivity index (χ1n) is 7.20. The number of nitrogens with zero attached hydrogens (tertiary/aromatic N) is 1. The van der Waals surface area contributed by atoms with E-state index in [1.54, 1.807) is 12.4 Å². The van der Waals surface area contributed by atoms with E-state index in [0.29, 0.717) is 18.0 Å². The Hall–Kier alpha value is -2.36. The van der Waals surface area contributed by atoms with Gasteiger partial charge in [0.25, 0.3) is 5.91 Å². The average Bonchev–Trinajstić information content (AvgIpc) is 2.48. The Morgan fingerprint density at radius 2 is 1.90 bits per heavy atom. The highest BCUT2D eigenvalue weighted by molar-refractivity contribution is 5.94. The molecule has 21 heavy (non-hydrogen) atoms. The van der Waals surface area contributed by atoms with Crippen molar-refractivity contribution >= 4 is 17.3 Å². The van der Waals surface area contributed by atoms with E-state index in [1.807, 2.05) is 36.4 Å². The Morgan fingerprint density at radius 3 is 2.52 bits per heavy atom. The van der Waals surface area contributed by atoms with Crippen LogP contribution in [0.5, 0.6) is 0 Å². The number of carbonyl (C=O) groups excluding carboxylic acids is 1. The van der Waals surface area contributed by atoms with Gasteiger partial charge >= 0.3 is 0 Å². The van der Waals surface area contributed by atoms with Gasteiger partial charge in [0, 0.05) is 24.0 Å². The lowest BCUT2D eigenvalue weighted by molar-refractivity contribution is 0.0952. The number of aromatic nitrogens is 1. The average molecular weight is 283 g/mol. The van der Waals surface area contributed by atoms with E-state index in [2.05, 4.69) is 29.5 Å². The van der Waals surface area contributed by atoms with E-state index in [1.165, 1.54) is 0 Å². The van der Waals surface area contributed by atoms with Crippen LogP contribution in [-0.2, 0) is 0 Å². The molecule has 1 aromatic heterocycles. The number of amides is 1. The molecule has 110 valence electrons. The number of benzene rings is 1. The lowest BCUT2D eigenvalue weighted by Crippen LogP contribution is -2.25. The largest absolute Gasteiger partial charge is 0.354 e. The summed E-state index contributed by atoms with van der Waals surface area (Å²) in [6.07, 6.45) is 4.48. The van der Waals surface area contributed by atoms with Crippen molar-refractivity contribution in [1.82, 2.24) is 10.3 Å². The summed E-state index contributed by atoms with van der Waals surface area (Å²) in [5.74, 6) is 0.569. The van der Waals surface area contributed by atoms with Gasteiger partial charge in [0.1, 0.15) is 0 Å². The molecule has 1 amide bonds. The number of pyridine rings is 1. The van der Waals surface area contributed by atoms with Gasteiger partial charge < -0.3 is 10.6 Å². The van der Waals surface area contributed by atoms with Gasteiger partial charge in [-0.25, -0.2) is 0 Å². The minimum Gasteiger partial charge on any atom is -0.354 e. The van der Waals surface area contributed by atoms with Crippen LogP contribution in [0.2, 0.25) is 0 Å². The fourth-order valence-corrected chi connectivity index (χ4v) is 1.88. The van der Waals surface area contributed by atoms with Crippen molar-refractivity contribution in [2.75, 3.05) is 11.9 Å². The van der Waals surface area contributed by atoms with E-state index in [4.69, 9.17) is 0 Å². The summed E-state index contributed by atoms with van der Waals surface area (Å²) in [4.78, 5) is 16.0. The maximum atomic E-state index is 12.0. The quantitative estimate of drug-likeness (QED) is 0.851. The Morgan fingerprint density at radius 1 is 1.14 bits per heavy atom. The first-order chi connectivity index (χ1) is 10.1. The minimum atomic E-state index is -0.0245. The predicted molar refractivity (Wildman–Crippen MR) is 85.7 cm³/mol. The van der Waals surface area contributed by atoms with Crippen LogP contribution in [0.1, 0.15) is 30.6 Å². The molecule has 0 aliphatic carbocycles. The van der Waals surface area contributed by atoms with E-state index in [9.17, 15) is 4.79 Å². The molecule has 4 heteroatoms. The van der Waals surface area contributed by atoms with Crippen LogP contribution in [0.25, 0.3) is 0 Å². The summed E-state index contributed by atoms with van der Waals surface area (Å²) in [5, 5.41) is 6.16. The van der Waals surface area contributed by atoms with Crippen LogP contribution in [0.3, 0.4) is 0 Å². The summed E-state index contributed by atoms with van der Waals surface area (Å²) < 4.78 is 0. The molecule has 2 rings (SSSR count). The second kappa shape index (κ2) is 7.43. The molecule has 0 saturated heterocycles. The van der Waals surface area contributed by atoms with Crippen molar-refractivity contribution in [2.24, 2.45) is 5.92 Å². The van der Waals surface area contributed by atoms with E-state index >= 15 is 0 Å². The topological polar surface area (TPSA) is 54.0 Å². The van der Waals surface area contributed by atoms with Gasteiger partial charge in [0.2, 0.25) is 0 Å². The Labute approximate surface area is 125 Å². The second-order valence-electron chi connectivity index (χ2n) is 5.38. The molecule has 0 fully saturated rings. The molecule has 4 nitrogen and oxygen atoms in total. The molecule has 0 aliphatic rings. The highest BCUT2D eigenvalue weighted by Gasteiger charge is 2.05. The fraction of sp³-hybridized carbons (Fsp3) is 0.294. The predicted octanol–water partition coefficient (Wildman–Crippen LogP) is 3.60. The molecule has 0 atom stereocenters. The number of hydrogen-bond donors (Lipinski definition) is 2. The highest BCUT2D eigenvalue weighted by Crippen LogP contribution is 2.15. The normalized spacial score (nSPS) is 10.4. The van der Waals surface area contributed by atoms with Gasteiger partial charge in [0.05, 0.1) is 11.9 Å². The Bertz CT molecular complexity index is 564. The third-order valence-corrected chi connectivity index (χ3v) is 3.10. The fourth-order valence-electron chi connectivity index (χ4n) is 1.88. The maximum absolute atomic E-state index is 12.0. The maximum Gasteiger partial charge on any atom is 0.251 e. The summed E-state index contributed by atoms with van der Waals surface area (Å²) in [6, 6.07) is 11.2. The smallest absolute Gasteiger partial charge is 0.251 e. The van der Waals surface area contributed by atoms with Crippen molar-refractivity contribution < 1.29 is 4.79 Å². The number of carbonyl (C=O) groups is 1. The minimum absolute atomic E-state index is 0.0245. The molecular formula is C17H21N3O. The van der Waals surface area contributed by atoms with Gasteiger partial charge in [0.15, 0.2) is 0 Å². The van der Waals surface area contributed by atoms with Crippen LogP contribution in [0, 0.1) is 5.92 Å². The molecule has 1 aromatic carbocycles. The molecule has 0 aliphatic heterocycles. The molecular weight excluding hydrogens is 262 g/mol. The molecule has 2 aromatic rings. The molecule has 0 unspecified atom stereocenters. The Kier molecular flexibility index (Phi) is 5.32. The number of nitrogens with one attached hydrogen (secondary N) is 2. The summed E-state index contributed by atoms with van der Waals surface area (Å²) in [6.45, 7) is 5.00. The van der Waals surface area contributed by atoms with Gasteiger partial charge in [-0.15, -0.1) is 0 Å². The number of hydrogen-bond acceptors (Lipinski definition) is 3. The van der Waals surface area contributed by atoms with Crippen molar-refractivity contribution in [3.63, 3.8) is 0 Å². The summed E-state index contributed by atoms with van der Waals surface area (Å²) >= 11 is 0. The molecule has 0 saturated carbocycles. The first-order valence-corrected chi connectivity index (χ1v) is 7.20. The van der Waals surface area contributed by atoms with Crippen LogP contribution < -0.4 is 10.6 Å². The molecule has 0 radical (unpaired) electrons. The van der Waals surface area contributed by atoms with E-state index < -0.39 is 0 Å². The highest BCUT2D eigenvalue weighted by atomic mass is 16.1. The molecule has 1 heterocycles. The molecule has 0 spiro atoms. The Balaban J connectivity index is 1.91. The van der Waals surface area contributed by atoms with E-state index in [-0.39, 0.29) is 5.91 Å². The third kappa shape index (κ3) is 4.91. The zero-order chi connectivity index (χ0) is 15.1. The standard InChI is InChI=1S/C17H21N3O/c1-13(2)9-11-19-17(21)14-5-7-15(8-6-14)20-16-4-3-10-18-12-16/h3-8,10,12-13,20H,9,11H2,1-2H3,(H,19,21). The molecule has 0 bridgehead atoms. The zero-order valence-electron chi connectivity index (χ0n) is 12.5. The van der Waals surface area contributed by atoms with Crippen molar-refractivity contribution in [3.05, 3.63) is 54.4 Å². The van der Waals surface area contributed by atoms with Gasteiger partial charge in [-0.3, -0.25) is 9.78 Å². The van der Waals surface area contributed by atoms with Crippen LogP contribution >= 0.6 is 0 Å². The number of anilines is 2. The van der Waals surface area contributed by atoms with Crippen LogP contribution in [0.4, 0.5) is 11.4 Å². The second-order valence-corrected chi connectivity index (χ2v) is 5.38. The lowest BCUT2D eigenvalue weighted by atomic mass is 10.1. The van der Waals surface area contributed by atoms with Gasteiger partial charge in [-0.05, 0) is 48.7 Å². The van der Waals surface area contributed by atoms with E-state index in [0.717, 1.165) is 17.8 Å². The third-order valence-electron chi connectivity index (χ3n) is 3.10. The summed E-state index contributed by atoms with van der Waals surface area (Å²) in [5.41, 5.74) is 2.53. The lowest BCUT2D eigenvalue weighted by Gasteiger charge is -2.09. The first kappa shape index (κ1) is 15.0. The molecule has 2 N–H and O–H groups in total. The summed E-state index contributed by atoms with van der Waals surface area (Å²) in [7, 11) is 0. The van der Waals surface area contributed by atoms with Gasteiger partial charge in [-0.2, -0.15) is 0 Å². The van der Waals surface area contributed by atoms with Crippen molar-refractivity contribution in [3.8, 4) is 0 Å². The van der Waals surface area contributed by atoms with Crippen LogP contribution in [0.15, 0.2) is 48.8 Å². The zero-order valence-corrected chi connectivity index (χ0v) is 12.5. The van der Waals surface area contributed by atoms with Crippen molar-refractivity contribution in [1.29, 1.82) is 0 Å². The van der Waals surface area contributed by atoms with Crippen LogP contribution in [-0.4, -0.2) is 17.4 Å². The number of rotatable bonds is 6.